The molecule has 2 aliphatic rings. The molecule has 1 saturated heterocycles. The molecule has 0 aromatic heterocycles. The molecule has 1 saturated carbocycles. The fraction of sp³-hybridized carbons (Fsp3) is 0.500. The van der Waals surface area contributed by atoms with Crippen LogP contribution >= 0.6 is 0 Å². The first-order chi connectivity index (χ1) is 16.6. The number of benzene rings is 2. The summed E-state index contributed by atoms with van der Waals surface area (Å²) in [5, 5.41) is 2.30. The van der Waals surface area contributed by atoms with E-state index in [2.05, 4.69) is 36.5 Å². The van der Waals surface area contributed by atoms with Crippen LogP contribution in [0.5, 0.6) is 0 Å². The molecule has 192 valence electrons. The molecule has 35 heavy (non-hydrogen) atoms. The zero-order valence-corrected chi connectivity index (χ0v) is 21.3. The molecule has 8 nitrogen and oxygen atoms in total. The van der Waals surface area contributed by atoms with E-state index in [4.69, 9.17) is 14.2 Å². The summed E-state index contributed by atoms with van der Waals surface area (Å²) in [5.74, 6) is -0.891. The van der Waals surface area contributed by atoms with Crippen LogP contribution < -0.4 is 5.32 Å². The van der Waals surface area contributed by atoms with Gasteiger partial charge in [0.25, 0.3) is 0 Å². The van der Waals surface area contributed by atoms with E-state index in [9.17, 15) is 17.8 Å². The van der Waals surface area contributed by atoms with Gasteiger partial charge in [-0.1, -0.05) is 48.0 Å². The van der Waals surface area contributed by atoms with Crippen molar-refractivity contribution in [2.24, 2.45) is 5.92 Å². The quantitative estimate of drug-likeness (QED) is 0.474. The van der Waals surface area contributed by atoms with Gasteiger partial charge in [-0.05, 0) is 32.9 Å². The second-order valence-corrected chi connectivity index (χ2v) is 10.4. The molecule has 0 radical (unpaired) electrons. The predicted octanol–water partition coefficient (Wildman–Crippen LogP) is 2.69. The number of aryl methyl sites for hydroxylation is 1. The van der Waals surface area contributed by atoms with Gasteiger partial charge in [-0.15, -0.1) is 0 Å². The monoisotopic (exact) mass is 505 g/mol. The maximum absolute atomic E-state index is 12.5. The van der Waals surface area contributed by atoms with Crippen LogP contribution in [-0.4, -0.2) is 50.6 Å². The third-order valence-corrected chi connectivity index (χ3v) is 7.33. The molecule has 1 aliphatic carbocycles. The predicted molar refractivity (Wildman–Crippen MR) is 128 cm³/mol. The van der Waals surface area contributed by atoms with Crippen molar-refractivity contribution >= 4 is 16.1 Å². The number of rotatable bonds is 6. The number of nitrogens with two attached hydrogens (primary N) is 1. The number of ether oxygens (including phenoxy) is 3. The van der Waals surface area contributed by atoms with Gasteiger partial charge in [0.1, 0.15) is 28.1 Å². The van der Waals surface area contributed by atoms with Crippen molar-refractivity contribution in [3.05, 3.63) is 65.7 Å². The number of hydrogen-bond acceptors (Lipinski definition) is 7. The Labute approximate surface area is 207 Å². The highest BCUT2D eigenvalue weighted by atomic mass is 32.2. The lowest BCUT2D eigenvalue weighted by Gasteiger charge is -2.39. The molecule has 2 fully saturated rings. The Hall–Kier alpha value is -2.30. The van der Waals surface area contributed by atoms with E-state index in [0.29, 0.717) is 32.3 Å². The van der Waals surface area contributed by atoms with Gasteiger partial charge in [0.05, 0.1) is 24.7 Å². The summed E-state index contributed by atoms with van der Waals surface area (Å²) in [6, 6.07) is 16.7. The average Bonchev–Trinajstić information content (AvgIpc) is 3.29. The van der Waals surface area contributed by atoms with Crippen molar-refractivity contribution in [3.63, 3.8) is 0 Å². The topological polar surface area (TPSA) is 119 Å². The van der Waals surface area contributed by atoms with Gasteiger partial charge in [0.2, 0.25) is 0 Å². The van der Waals surface area contributed by atoms with Crippen molar-refractivity contribution in [2.75, 3.05) is 19.8 Å². The number of carbonyl (C=O) groups excluding carboxylic acids is 1. The zero-order chi connectivity index (χ0) is 25.5. The average molecular weight is 506 g/mol. The second-order valence-electron chi connectivity index (χ2n) is 9.03. The molecule has 0 bridgehead atoms. The van der Waals surface area contributed by atoms with Crippen LogP contribution in [0.25, 0.3) is 0 Å². The lowest BCUT2D eigenvalue weighted by atomic mass is 9.80. The highest BCUT2D eigenvalue weighted by molar-refractivity contribution is 7.85. The normalized spacial score (nSPS) is 22.2. The summed E-state index contributed by atoms with van der Waals surface area (Å²) in [6.45, 7) is 7.50. The van der Waals surface area contributed by atoms with E-state index in [0.717, 1.165) is 18.4 Å². The minimum absolute atomic E-state index is 0.128. The van der Waals surface area contributed by atoms with Gasteiger partial charge in [-0.25, -0.2) is 8.42 Å². The van der Waals surface area contributed by atoms with Gasteiger partial charge >= 0.3 is 5.97 Å². The van der Waals surface area contributed by atoms with Gasteiger partial charge in [-0.3, -0.25) is 4.79 Å². The third-order valence-electron chi connectivity index (χ3n) is 6.48. The molecule has 9 heteroatoms. The number of esters is 1. The van der Waals surface area contributed by atoms with E-state index in [1.807, 2.05) is 19.9 Å². The van der Waals surface area contributed by atoms with E-state index in [1.54, 1.807) is 12.1 Å². The van der Waals surface area contributed by atoms with Crippen LogP contribution in [-0.2, 0) is 29.1 Å². The summed E-state index contributed by atoms with van der Waals surface area (Å²) in [5.41, 5.74) is 2.20. The highest BCUT2D eigenvalue weighted by Crippen LogP contribution is 2.38. The molecule has 2 N–H and O–H groups in total. The molecule has 1 heterocycles. The Morgan fingerprint density at radius 2 is 1.77 bits per heavy atom. The summed E-state index contributed by atoms with van der Waals surface area (Å²) in [6.07, 6.45) is 2.32. The highest BCUT2D eigenvalue weighted by Gasteiger charge is 2.50. The third kappa shape index (κ3) is 7.59. The Morgan fingerprint density at radius 3 is 2.34 bits per heavy atom. The minimum Gasteiger partial charge on any atom is -0.744 e. The van der Waals surface area contributed by atoms with Crippen molar-refractivity contribution in [1.29, 1.82) is 0 Å². The molecule has 1 aliphatic heterocycles. The SMILES string of the molecule is CCOC(=O)[C@@H]1CC2(CC[C@@H]1[NH2+][C@@H](C)c1ccccc1)OCCO2.Cc1ccc(S(=O)(=O)[O-])cc1. The molecule has 0 amide bonds. The van der Waals surface area contributed by atoms with Gasteiger partial charge in [0, 0.05) is 24.8 Å². The van der Waals surface area contributed by atoms with E-state index < -0.39 is 15.9 Å². The van der Waals surface area contributed by atoms with Crippen molar-refractivity contribution in [2.45, 2.75) is 62.8 Å². The molecule has 4 rings (SSSR count). The smallest absolute Gasteiger partial charge is 0.315 e. The van der Waals surface area contributed by atoms with Gasteiger partial charge < -0.3 is 24.1 Å². The largest absolute Gasteiger partial charge is 0.744 e. The van der Waals surface area contributed by atoms with Gasteiger partial charge in [-0.2, -0.15) is 0 Å². The van der Waals surface area contributed by atoms with Crippen LogP contribution in [0.4, 0.5) is 0 Å². The first-order valence-corrected chi connectivity index (χ1v) is 13.4. The summed E-state index contributed by atoms with van der Waals surface area (Å²) in [7, 11) is -4.27. The number of carbonyl (C=O) groups is 1. The Kier molecular flexibility index (Phi) is 9.43. The van der Waals surface area contributed by atoms with Crippen LogP contribution in [0, 0.1) is 12.8 Å². The molecule has 0 unspecified atom stereocenters. The lowest BCUT2D eigenvalue weighted by Crippen LogP contribution is -2.93. The summed E-state index contributed by atoms with van der Waals surface area (Å²) in [4.78, 5) is 12.3. The molecule has 1 spiro atoms. The zero-order valence-electron chi connectivity index (χ0n) is 20.5. The van der Waals surface area contributed by atoms with Crippen molar-refractivity contribution < 1.29 is 37.3 Å². The maximum atomic E-state index is 12.5. The van der Waals surface area contributed by atoms with E-state index in [1.165, 1.54) is 17.7 Å². The number of quaternary nitrogens is 1. The van der Waals surface area contributed by atoms with Crippen molar-refractivity contribution in [1.82, 2.24) is 0 Å². The second kappa shape index (κ2) is 12.1. The summed E-state index contributed by atoms with van der Waals surface area (Å²) >= 11 is 0. The van der Waals surface area contributed by atoms with E-state index >= 15 is 0 Å². The Bertz CT molecular complexity index is 1050. The minimum atomic E-state index is -4.27. The van der Waals surface area contributed by atoms with Crippen LogP contribution in [0.15, 0.2) is 59.5 Å². The van der Waals surface area contributed by atoms with Crippen LogP contribution in [0.2, 0.25) is 0 Å². The molecule has 2 aromatic rings. The van der Waals surface area contributed by atoms with E-state index in [-0.39, 0.29) is 22.8 Å². The van der Waals surface area contributed by atoms with Crippen LogP contribution in [0.1, 0.15) is 50.3 Å². The Morgan fingerprint density at radius 1 is 1.14 bits per heavy atom. The molecule has 2 aromatic carbocycles. The molecular formula is C26H35NO7S. The first-order valence-electron chi connectivity index (χ1n) is 12.0. The summed E-state index contributed by atoms with van der Waals surface area (Å²) < 4.78 is 48.2. The maximum Gasteiger partial charge on any atom is 0.315 e. The molecular weight excluding hydrogens is 470 g/mol. The first kappa shape index (κ1) is 27.3. The molecule has 3 atom stereocenters. The fourth-order valence-corrected chi connectivity index (χ4v) is 5.09. The number of hydrogen-bond donors (Lipinski definition) is 1. The van der Waals surface area contributed by atoms with Crippen molar-refractivity contribution in [3.8, 4) is 0 Å². The Balaban J connectivity index is 0.000000261. The standard InChI is InChI=1S/C19H27NO4.C7H8O3S/c1-3-22-18(21)16-13-19(23-11-12-24-19)10-9-17(16)20-14(2)15-7-5-4-6-8-15;1-6-2-4-7(5-3-6)11(8,9)10/h4-8,14,16-17,20H,3,9-13H2,1-2H3;2-5H,1H3,(H,8,9,10)/t14-,16+,17-;/m0./s1. The van der Waals surface area contributed by atoms with Crippen LogP contribution in [0.3, 0.4) is 0 Å². The van der Waals surface area contributed by atoms with Gasteiger partial charge in [0.15, 0.2) is 5.79 Å². The fourth-order valence-electron chi connectivity index (χ4n) is 4.62. The lowest BCUT2D eigenvalue weighted by molar-refractivity contribution is -0.732.